The van der Waals surface area contributed by atoms with Crippen molar-refractivity contribution in [1.29, 1.82) is 0 Å². The molecule has 0 aliphatic rings. The Labute approximate surface area is 199 Å². The maximum absolute atomic E-state index is 12.0. The van der Waals surface area contributed by atoms with Gasteiger partial charge in [-0.2, -0.15) is 0 Å². The van der Waals surface area contributed by atoms with E-state index in [1.165, 1.54) is 17.3 Å². The Hall–Kier alpha value is -1.44. The van der Waals surface area contributed by atoms with Crippen LogP contribution in [0, 0.1) is 6.92 Å². The summed E-state index contributed by atoms with van der Waals surface area (Å²) < 4.78 is 1.81. The first-order valence-corrected chi connectivity index (χ1v) is 11.6. The van der Waals surface area contributed by atoms with Crippen LogP contribution >= 0.6 is 58.2 Å². The van der Waals surface area contributed by atoms with E-state index in [-0.39, 0.29) is 0 Å². The summed E-state index contributed by atoms with van der Waals surface area (Å²) in [6.07, 6.45) is 0. The molecule has 3 rings (SSSR count). The Bertz CT molecular complexity index is 1060. The van der Waals surface area contributed by atoms with Crippen LogP contribution < -0.4 is 5.32 Å². The van der Waals surface area contributed by atoms with Gasteiger partial charge in [0.05, 0.1) is 16.8 Å². The third kappa shape index (κ3) is 5.62. The molecule has 1 unspecified atom stereocenters. The van der Waals surface area contributed by atoms with Crippen molar-refractivity contribution in [2.45, 2.75) is 35.6 Å². The first-order valence-electron chi connectivity index (χ1n) is 8.94. The SMILES string of the molecule is Cc1cccc(CSc2nnc(C(C)NC(=O)C(Cl)Cl)n2-c2ccc(Cl)cc2Cl)c1. The third-order valence-electron chi connectivity index (χ3n) is 4.20. The quantitative estimate of drug-likeness (QED) is 0.310. The molecule has 1 aromatic heterocycles. The van der Waals surface area contributed by atoms with Crippen LogP contribution in [0.2, 0.25) is 10.0 Å². The monoisotopic (exact) mass is 502 g/mol. The molecule has 5 nitrogen and oxygen atoms in total. The van der Waals surface area contributed by atoms with Gasteiger partial charge in [-0.05, 0) is 37.6 Å². The molecule has 158 valence electrons. The third-order valence-corrected chi connectivity index (χ3v) is 6.14. The van der Waals surface area contributed by atoms with E-state index < -0.39 is 16.8 Å². The minimum absolute atomic E-state index is 0.437. The topological polar surface area (TPSA) is 59.8 Å². The van der Waals surface area contributed by atoms with E-state index in [4.69, 9.17) is 46.4 Å². The number of benzene rings is 2. The van der Waals surface area contributed by atoms with Gasteiger partial charge in [0.1, 0.15) is 0 Å². The summed E-state index contributed by atoms with van der Waals surface area (Å²) in [5.41, 5.74) is 3.00. The number of nitrogens with one attached hydrogen (secondary N) is 1. The molecular weight excluding hydrogens is 486 g/mol. The number of halogens is 4. The first kappa shape index (κ1) is 23.2. The lowest BCUT2D eigenvalue weighted by molar-refractivity contribution is -0.120. The lowest BCUT2D eigenvalue weighted by atomic mass is 10.2. The number of carbonyl (C=O) groups excluding carboxylic acids is 1. The smallest absolute Gasteiger partial charge is 0.253 e. The number of thioether (sulfide) groups is 1. The summed E-state index contributed by atoms with van der Waals surface area (Å²) >= 11 is 25.4. The van der Waals surface area contributed by atoms with Crippen LogP contribution in [0.4, 0.5) is 0 Å². The van der Waals surface area contributed by atoms with Crippen molar-refractivity contribution in [3.05, 3.63) is 69.5 Å². The molecule has 2 aromatic carbocycles. The molecule has 0 aliphatic heterocycles. The zero-order chi connectivity index (χ0) is 21.8. The van der Waals surface area contributed by atoms with Gasteiger partial charge in [0, 0.05) is 10.8 Å². The Morgan fingerprint density at radius 2 is 1.93 bits per heavy atom. The second-order valence-electron chi connectivity index (χ2n) is 6.58. The second kappa shape index (κ2) is 10.2. The van der Waals surface area contributed by atoms with Crippen molar-refractivity contribution in [2.75, 3.05) is 0 Å². The van der Waals surface area contributed by atoms with Crippen molar-refractivity contribution >= 4 is 64.1 Å². The van der Waals surface area contributed by atoms with Crippen LogP contribution in [0.15, 0.2) is 47.6 Å². The standard InChI is InChI=1S/C20H18Cl4N4OS/c1-11-4-3-5-13(8-11)10-30-20-27-26-18(12(2)25-19(29)17(23)24)28(20)16-7-6-14(21)9-15(16)22/h3-9,12,17H,10H2,1-2H3,(H,25,29). The number of rotatable bonds is 7. The molecule has 1 N–H and O–H groups in total. The predicted octanol–water partition coefficient (Wildman–Crippen LogP) is 6.16. The van der Waals surface area contributed by atoms with Gasteiger partial charge < -0.3 is 5.32 Å². The van der Waals surface area contributed by atoms with Gasteiger partial charge in [-0.25, -0.2) is 0 Å². The highest BCUT2D eigenvalue weighted by molar-refractivity contribution is 7.98. The van der Waals surface area contributed by atoms with Crippen LogP contribution in [0.3, 0.4) is 0 Å². The normalized spacial score (nSPS) is 12.2. The maximum Gasteiger partial charge on any atom is 0.253 e. The molecule has 10 heteroatoms. The molecule has 3 aromatic rings. The Morgan fingerprint density at radius 3 is 2.60 bits per heavy atom. The highest BCUT2D eigenvalue weighted by Gasteiger charge is 2.24. The molecule has 0 saturated heterocycles. The Morgan fingerprint density at radius 1 is 1.17 bits per heavy atom. The molecule has 30 heavy (non-hydrogen) atoms. The zero-order valence-electron chi connectivity index (χ0n) is 16.1. The summed E-state index contributed by atoms with van der Waals surface area (Å²) in [4.78, 5) is 10.8. The lowest BCUT2D eigenvalue weighted by Crippen LogP contribution is -2.32. The maximum atomic E-state index is 12.0. The molecule has 1 atom stereocenters. The van der Waals surface area contributed by atoms with Crippen molar-refractivity contribution in [1.82, 2.24) is 20.1 Å². The molecule has 0 aliphatic carbocycles. The summed E-state index contributed by atoms with van der Waals surface area (Å²) in [6.45, 7) is 3.82. The highest BCUT2D eigenvalue weighted by Crippen LogP contribution is 2.32. The van der Waals surface area contributed by atoms with Crippen molar-refractivity contribution in [3.63, 3.8) is 0 Å². The van der Waals surface area contributed by atoms with E-state index in [0.29, 0.717) is 32.5 Å². The van der Waals surface area contributed by atoms with Crippen LogP contribution in [0.25, 0.3) is 5.69 Å². The summed E-state index contributed by atoms with van der Waals surface area (Å²) in [6, 6.07) is 12.9. The number of nitrogens with zero attached hydrogens (tertiary/aromatic N) is 3. The fourth-order valence-corrected chi connectivity index (χ4v) is 4.35. The second-order valence-corrected chi connectivity index (χ2v) is 9.46. The van der Waals surface area contributed by atoms with E-state index in [9.17, 15) is 4.79 Å². The molecule has 0 radical (unpaired) electrons. The zero-order valence-corrected chi connectivity index (χ0v) is 19.9. The fourth-order valence-electron chi connectivity index (χ4n) is 2.83. The van der Waals surface area contributed by atoms with E-state index >= 15 is 0 Å². The van der Waals surface area contributed by atoms with Gasteiger partial charge in [0.15, 0.2) is 15.8 Å². The molecule has 0 saturated carbocycles. The molecule has 0 bridgehead atoms. The Kier molecular flexibility index (Phi) is 7.93. The summed E-state index contributed by atoms with van der Waals surface area (Å²) in [5.74, 6) is 0.668. The van der Waals surface area contributed by atoms with Gasteiger partial charge >= 0.3 is 0 Å². The van der Waals surface area contributed by atoms with Gasteiger partial charge in [0.25, 0.3) is 5.91 Å². The van der Waals surface area contributed by atoms with Crippen molar-refractivity contribution in [2.24, 2.45) is 0 Å². The average Bonchev–Trinajstić information content (AvgIpc) is 3.10. The molecular formula is C20H18Cl4N4OS. The highest BCUT2D eigenvalue weighted by atomic mass is 35.5. The minimum Gasteiger partial charge on any atom is -0.344 e. The minimum atomic E-state index is -1.18. The van der Waals surface area contributed by atoms with Gasteiger partial charge in [-0.3, -0.25) is 9.36 Å². The van der Waals surface area contributed by atoms with Crippen molar-refractivity contribution in [3.8, 4) is 5.69 Å². The number of hydrogen-bond acceptors (Lipinski definition) is 4. The largest absolute Gasteiger partial charge is 0.344 e. The van der Waals surface area contributed by atoms with Gasteiger partial charge in [-0.15, -0.1) is 10.2 Å². The van der Waals surface area contributed by atoms with E-state index in [1.807, 2.05) is 23.6 Å². The predicted molar refractivity (Wildman–Crippen MR) is 124 cm³/mol. The summed E-state index contributed by atoms with van der Waals surface area (Å²) in [5, 5.41) is 12.9. The molecule has 1 heterocycles. The average molecular weight is 504 g/mol. The number of amides is 1. The molecule has 1 amide bonds. The van der Waals surface area contributed by atoms with Crippen LogP contribution in [-0.2, 0) is 10.5 Å². The van der Waals surface area contributed by atoms with Gasteiger partial charge in [0.2, 0.25) is 0 Å². The fraction of sp³-hybridized carbons (Fsp3) is 0.250. The number of aromatic nitrogens is 3. The number of alkyl halides is 2. The summed E-state index contributed by atoms with van der Waals surface area (Å²) in [7, 11) is 0. The molecule has 0 spiro atoms. The Balaban J connectivity index is 1.97. The lowest BCUT2D eigenvalue weighted by Gasteiger charge is -2.17. The number of hydrogen-bond donors (Lipinski definition) is 1. The number of carbonyl (C=O) groups is 1. The van der Waals surface area contributed by atoms with Crippen LogP contribution in [0.5, 0.6) is 0 Å². The number of aryl methyl sites for hydroxylation is 1. The van der Waals surface area contributed by atoms with Gasteiger partial charge in [-0.1, -0.05) is 88.0 Å². The van der Waals surface area contributed by atoms with Crippen LogP contribution in [0.1, 0.15) is 29.9 Å². The first-order chi connectivity index (χ1) is 14.3. The van der Waals surface area contributed by atoms with E-state index in [0.717, 1.165) is 5.56 Å². The van der Waals surface area contributed by atoms with Crippen LogP contribution in [-0.4, -0.2) is 25.5 Å². The molecule has 0 fully saturated rings. The van der Waals surface area contributed by atoms with E-state index in [2.05, 4.69) is 27.6 Å². The van der Waals surface area contributed by atoms with E-state index in [1.54, 1.807) is 25.1 Å². The van der Waals surface area contributed by atoms with Crippen molar-refractivity contribution < 1.29 is 4.79 Å².